The average molecular weight is 369 g/mol. The quantitative estimate of drug-likeness (QED) is 0.822. The lowest BCUT2D eigenvalue weighted by Crippen LogP contribution is -2.22. The van der Waals surface area contributed by atoms with Crippen molar-refractivity contribution in [1.82, 2.24) is 5.32 Å². The van der Waals surface area contributed by atoms with Gasteiger partial charge in [-0.25, -0.2) is 4.39 Å². The summed E-state index contributed by atoms with van der Waals surface area (Å²) in [5, 5.41) is 2.77. The first-order valence-corrected chi connectivity index (χ1v) is 6.93. The normalized spacial score (nSPS) is 10.3. The molecule has 98 valence electrons. The molecule has 0 bridgehead atoms. The van der Waals surface area contributed by atoms with Crippen LogP contribution in [0, 0.1) is 16.3 Å². The molecule has 4 heteroatoms. The summed E-state index contributed by atoms with van der Waals surface area (Å²) in [6.45, 7) is 2.03. The summed E-state index contributed by atoms with van der Waals surface area (Å²) >= 11 is 2.18. The van der Waals surface area contributed by atoms with Crippen molar-refractivity contribution in [2.24, 2.45) is 0 Å². The molecule has 0 fully saturated rings. The Balaban J connectivity index is 2.00. The molecule has 0 atom stereocenters. The maximum atomic E-state index is 13.4. The Morgan fingerprint density at radius 2 is 1.89 bits per heavy atom. The van der Waals surface area contributed by atoms with Gasteiger partial charge in [-0.05, 0) is 71.0 Å². The third-order valence-electron chi connectivity index (χ3n) is 2.80. The van der Waals surface area contributed by atoms with Crippen LogP contribution in [0.15, 0.2) is 42.5 Å². The van der Waals surface area contributed by atoms with E-state index in [0.29, 0.717) is 17.7 Å². The molecule has 0 aromatic heterocycles. The van der Waals surface area contributed by atoms with Crippen molar-refractivity contribution in [2.45, 2.75) is 13.5 Å². The van der Waals surface area contributed by atoms with Gasteiger partial charge in [0.15, 0.2) is 0 Å². The fourth-order valence-corrected chi connectivity index (χ4v) is 1.99. The molecule has 0 radical (unpaired) electrons. The second-order valence-electron chi connectivity index (χ2n) is 4.27. The van der Waals surface area contributed by atoms with Crippen molar-refractivity contribution < 1.29 is 9.18 Å². The Kier molecular flexibility index (Phi) is 4.52. The van der Waals surface area contributed by atoms with Gasteiger partial charge in [0, 0.05) is 15.7 Å². The number of hydrogen-bond acceptors (Lipinski definition) is 1. The van der Waals surface area contributed by atoms with E-state index in [1.165, 1.54) is 6.07 Å². The Labute approximate surface area is 125 Å². The molecule has 0 aliphatic rings. The number of nitrogens with one attached hydrogen (secondary N) is 1. The SMILES string of the molecule is Cc1ccc(CNC(=O)c2ccc(I)cc2)cc1F. The van der Waals surface area contributed by atoms with Crippen LogP contribution in [0.4, 0.5) is 4.39 Å². The largest absolute Gasteiger partial charge is 0.348 e. The zero-order valence-corrected chi connectivity index (χ0v) is 12.6. The molecular formula is C15H13FINO. The lowest BCUT2D eigenvalue weighted by Gasteiger charge is -2.06. The van der Waals surface area contributed by atoms with E-state index in [-0.39, 0.29) is 11.7 Å². The average Bonchev–Trinajstić information content (AvgIpc) is 2.40. The molecule has 1 N–H and O–H groups in total. The predicted octanol–water partition coefficient (Wildman–Crippen LogP) is 3.67. The van der Waals surface area contributed by atoms with Gasteiger partial charge in [-0.2, -0.15) is 0 Å². The van der Waals surface area contributed by atoms with Gasteiger partial charge in [-0.15, -0.1) is 0 Å². The Morgan fingerprint density at radius 1 is 1.21 bits per heavy atom. The monoisotopic (exact) mass is 369 g/mol. The van der Waals surface area contributed by atoms with E-state index in [1.807, 2.05) is 18.2 Å². The Hall–Kier alpha value is -1.43. The number of hydrogen-bond donors (Lipinski definition) is 1. The van der Waals surface area contributed by atoms with Crippen molar-refractivity contribution in [2.75, 3.05) is 0 Å². The van der Waals surface area contributed by atoms with Gasteiger partial charge < -0.3 is 5.32 Å². The van der Waals surface area contributed by atoms with Crippen molar-refractivity contribution in [3.8, 4) is 0 Å². The van der Waals surface area contributed by atoms with Crippen LogP contribution in [0.1, 0.15) is 21.5 Å². The highest BCUT2D eigenvalue weighted by molar-refractivity contribution is 14.1. The van der Waals surface area contributed by atoms with E-state index in [9.17, 15) is 9.18 Å². The van der Waals surface area contributed by atoms with E-state index in [0.717, 1.165) is 9.13 Å². The number of halogens is 2. The lowest BCUT2D eigenvalue weighted by atomic mass is 10.1. The van der Waals surface area contributed by atoms with E-state index < -0.39 is 0 Å². The minimum Gasteiger partial charge on any atom is -0.348 e. The fraction of sp³-hybridized carbons (Fsp3) is 0.133. The van der Waals surface area contributed by atoms with Gasteiger partial charge >= 0.3 is 0 Å². The molecule has 2 aromatic rings. The molecule has 2 nitrogen and oxygen atoms in total. The van der Waals surface area contributed by atoms with E-state index in [1.54, 1.807) is 25.1 Å². The molecule has 0 aliphatic heterocycles. The molecule has 19 heavy (non-hydrogen) atoms. The maximum absolute atomic E-state index is 13.4. The summed E-state index contributed by atoms with van der Waals surface area (Å²) in [5.74, 6) is -0.404. The van der Waals surface area contributed by atoms with E-state index in [4.69, 9.17) is 0 Å². The van der Waals surface area contributed by atoms with Gasteiger partial charge in [-0.1, -0.05) is 12.1 Å². The third kappa shape index (κ3) is 3.76. The summed E-state index contributed by atoms with van der Waals surface area (Å²) in [5.41, 5.74) is 1.96. The molecule has 0 unspecified atom stereocenters. The van der Waals surface area contributed by atoms with Crippen LogP contribution in [0.5, 0.6) is 0 Å². The van der Waals surface area contributed by atoms with Crippen LogP contribution in [0.25, 0.3) is 0 Å². The molecule has 2 rings (SSSR count). The molecule has 0 spiro atoms. The zero-order chi connectivity index (χ0) is 13.8. The van der Waals surface area contributed by atoms with Crippen LogP contribution >= 0.6 is 22.6 Å². The number of aryl methyl sites for hydroxylation is 1. The second-order valence-corrected chi connectivity index (χ2v) is 5.52. The van der Waals surface area contributed by atoms with Crippen molar-refractivity contribution in [3.05, 3.63) is 68.5 Å². The third-order valence-corrected chi connectivity index (χ3v) is 3.51. The van der Waals surface area contributed by atoms with Crippen LogP contribution < -0.4 is 5.32 Å². The molecular weight excluding hydrogens is 356 g/mol. The molecule has 1 amide bonds. The summed E-state index contributed by atoms with van der Waals surface area (Å²) in [6.07, 6.45) is 0. The van der Waals surface area contributed by atoms with Crippen molar-refractivity contribution >= 4 is 28.5 Å². The minimum atomic E-state index is -0.249. The summed E-state index contributed by atoms with van der Waals surface area (Å²) in [6, 6.07) is 12.3. The van der Waals surface area contributed by atoms with Crippen LogP contribution in [-0.4, -0.2) is 5.91 Å². The van der Waals surface area contributed by atoms with Gasteiger partial charge in [-0.3, -0.25) is 4.79 Å². The summed E-state index contributed by atoms with van der Waals surface area (Å²) < 4.78 is 14.4. The minimum absolute atomic E-state index is 0.155. The molecule has 0 saturated carbocycles. The zero-order valence-electron chi connectivity index (χ0n) is 10.4. The topological polar surface area (TPSA) is 29.1 Å². The smallest absolute Gasteiger partial charge is 0.251 e. The number of benzene rings is 2. The highest BCUT2D eigenvalue weighted by Crippen LogP contribution is 2.10. The van der Waals surface area contributed by atoms with Gasteiger partial charge in [0.2, 0.25) is 0 Å². The summed E-state index contributed by atoms with van der Waals surface area (Å²) in [7, 11) is 0. The first kappa shape index (κ1) is 14.0. The highest BCUT2D eigenvalue weighted by Gasteiger charge is 2.05. The van der Waals surface area contributed by atoms with Crippen LogP contribution in [0.2, 0.25) is 0 Å². The number of carbonyl (C=O) groups is 1. The van der Waals surface area contributed by atoms with Gasteiger partial charge in [0.05, 0.1) is 0 Å². The van der Waals surface area contributed by atoms with E-state index in [2.05, 4.69) is 27.9 Å². The number of amides is 1. The standard InChI is InChI=1S/C15H13FINO/c1-10-2-3-11(8-14(10)16)9-18-15(19)12-4-6-13(17)7-5-12/h2-8H,9H2,1H3,(H,18,19). The van der Waals surface area contributed by atoms with E-state index >= 15 is 0 Å². The first-order valence-electron chi connectivity index (χ1n) is 5.85. The first-order chi connectivity index (χ1) is 9.06. The molecule has 0 saturated heterocycles. The highest BCUT2D eigenvalue weighted by atomic mass is 127. The van der Waals surface area contributed by atoms with Crippen LogP contribution in [-0.2, 0) is 6.54 Å². The lowest BCUT2D eigenvalue weighted by molar-refractivity contribution is 0.0951. The van der Waals surface area contributed by atoms with Crippen molar-refractivity contribution in [3.63, 3.8) is 0 Å². The fourth-order valence-electron chi connectivity index (χ4n) is 1.63. The molecule has 2 aromatic carbocycles. The van der Waals surface area contributed by atoms with Gasteiger partial charge in [0.25, 0.3) is 5.91 Å². The summed E-state index contributed by atoms with van der Waals surface area (Å²) in [4.78, 5) is 11.9. The number of rotatable bonds is 3. The number of carbonyl (C=O) groups excluding carboxylic acids is 1. The van der Waals surface area contributed by atoms with Crippen molar-refractivity contribution in [1.29, 1.82) is 0 Å². The maximum Gasteiger partial charge on any atom is 0.251 e. The van der Waals surface area contributed by atoms with Crippen LogP contribution in [0.3, 0.4) is 0 Å². The Bertz CT molecular complexity index is 596. The predicted molar refractivity (Wildman–Crippen MR) is 81.5 cm³/mol. The molecule has 0 heterocycles. The molecule has 0 aliphatic carbocycles. The Morgan fingerprint density at radius 3 is 2.53 bits per heavy atom. The van der Waals surface area contributed by atoms with Gasteiger partial charge in [0.1, 0.15) is 5.82 Å². The second kappa shape index (κ2) is 6.14.